The molecule has 0 radical (unpaired) electrons. The van der Waals surface area contributed by atoms with E-state index in [0.29, 0.717) is 5.69 Å². The summed E-state index contributed by atoms with van der Waals surface area (Å²) in [4.78, 5) is 16.3. The fourth-order valence-corrected chi connectivity index (χ4v) is 2.57. The number of aromatic nitrogens is 6. The first kappa shape index (κ1) is 15.7. The van der Waals surface area contributed by atoms with Crippen LogP contribution in [0, 0.1) is 0 Å². The van der Waals surface area contributed by atoms with Crippen LogP contribution < -0.4 is 5.32 Å². The van der Waals surface area contributed by atoms with Gasteiger partial charge in [0.25, 0.3) is 0 Å². The highest BCUT2D eigenvalue weighted by Crippen LogP contribution is 2.19. The number of rotatable bonds is 5. The second kappa shape index (κ2) is 6.98. The Morgan fingerprint density at radius 1 is 1.04 bits per heavy atom. The van der Waals surface area contributed by atoms with Gasteiger partial charge in [-0.1, -0.05) is 47.7 Å². The lowest BCUT2D eigenvalue weighted by molar-refractivity contribution is -0.116. The number of nitrogens with zero attached hydrogens (tertiary/aromatic N) is 6. The third kappa shape index (κ3) is 3.34. The van der Waals surface area contributed by atoms with E-state index >= 15 is 0 Å². The minimum Gasteiger partial charge on any atom is -0.323 e. The molecular formula is C18H15N7O. The van der Waals surface area contributed by atoms with E-state index in [1.54, 1.807) is 17.2 Å². The molecule has 8 nitrogen and oxygen atoms in total. The second-order valence-corrected chi connectivity index (χ2v) is 5.57. The van der Waals surface area contributed by atoms with Gasteiger partial charge in [-0.2, -0.15) is 5.10 Å². The highest BCUT2D eigenvalue weighted by atomic mass is 16.2. The van der Waals surface area contributed by atoms with E-state index in [1.807, 2.05) is 54.6 Å². The Morgan fingerprint density at radius 3 is 2.65 bits per heavy atom. The summed E-state index contributed by atoms with van der Waals surface area (Å²) in [5.74, 6) is -0.206. The fraction of sp³-hybridized carbons (Fsp3) is 0.0556. The predicted molar refractivity (Wildman–Crippen MR) is 95.4 cm³/mol. The van der Waals surface area contributed by atoms with Gasteiger partial charge in [-0.05, 0) is 12.1 Å². The van der Waals surface area contributed by atoms with Gasteiger partial charge >= 0.3 is 0 Å². The Hall–Kier alpha value is -3.81. The molecule has 0 unspecified atom stereocenters. The monoisotopic (exact) mass is 345 g/mol. The quantitative estimate of drug-likeness (QED) is 0.598. The molecule has 2 heterocycles. The van der Waals surface area contributed by atoms with Gasteiger partial charge in [0.1, 0.15) is 24.9 Å². The number of anilines is 1. The van der Waals surface area contributed by atoms with Crippen molar-refractivity contribution < 1.29 is 4.79 Å². The summed E-state index contributed by atoms with van der Waals surface area (Å²) < 4.78 is 3.11. The van der Waals surface area contributed by atoms with Crippen LogP contribution in [-0.2, 0) is 11.3 Å². The lowest BCUT2D eigenvalue weighted by atomic mass is 10.2. The summed E-state index contributed by atoms with van der Waals surface area (Å²) >= 11 is 0. The van der Waals surface area contributed by atoms with E-state index in [1.165, 1.54) is 11.0 Å². The SMILES string of the molecule is O=C(Cn1cc(-c2ccccc2)nn1)Nc1ccccc1-n1cncn1. The molecule has 0 aliphatic heterocycles. The average Bonchev–Trinajstić information content (AvgIpc) is 3.35. The molecule has 0 bridgehead atoms. The van der Waals surface area contributed by atoms with Crippen molar-refractivity contribution in [3.8, 4) is 16.9 Å². The first-order valence-corrected chi connectivity index (χ1v) is 7.99. The average molecular weight is 345 g/mol. The Balaban J connectivity index is 1.48. The molecule has 2 aromatic heterocycles. The number of amides is 1. The summed E-state index contributed by atoms with van der Waals surface area (Å²) in [6.07, 6.45) is 4.77. The predicted octanol–water partition coefficient (Wildman–Crippen LogP) is 2.16. The minimum atomic E-state index is -0.206. The zero-order valence-corrected chi connectivity index (χ0v) is 13.7. The van der Waals surface area contributed by atoms with Crippen LogP contribution in [0.25, 0.3) is 16.9 Å². The van der Waals surface area contributed by atoms with Crippen molar-refractivity contribution in [1.29, 1.82) is 0 Å². The number of hydrogen-bond donors (Lipinski definition) is 1. The standard InChI is InChI=1S/C18H15N7O/c26-18(11-24-10-16(22-23-24)14-6-2-1-3-7-14)21-15-8-4-5-9-17(15)25-13-19-12-20-25/h1-10,12-13H,11H2,(H,21,26). The van der Waals surface area contributed by atoms with E-state index in [-0.39, 0.29) is 12.5 Å². The van der Waals surface area contributed by atoms with Crippen LogP contribution in [0.5, 0.6) is 0 Å². The van der Waals surface area contributed by atoms with Gasteiger partial charge in [0.05, 0.1) is 17.6 Å². The fourth-order valence-electron chi connectivity index (χ4n) is 2.57. The van der Waals surface area contributed by atoms with E-state index in [2.05, 4.69) is 25.7 Å². The molecule has 0 aliphatic carbocycles. The highest BCUT2D eigenvalue weighted by molar-refractivity contribution is 5.92. The number of benzene rings is 2. The lowest BCUT2D eigenvalue weighted by Gasteiger charge is -2.10. The van der Waals surface area contributed by atoms with Crippen molar-refractivity contribution >= 4 is 11.6 Å². The molecule has 0 fully saturated rings. The molecule has 0 spiro atoms. The third-order valence-electron chi connectivity index (χ3n) is 3.76. The number of nitrogens with one attached hydrogen (secondary N) is 1. The molecule has 4 aromatic rings. The van der Waals surface area contributed by atoms with Crippen LogP contribution in [0.2, 0.25) is 0 Å². The van der Waals surface area contributed by atoms with Crippen molar-refractivity contribution in [2.24, 2.45) is 0 Å². The zero-order chi connectivity index (χ0) is 17.8. The molecule has 1 N–H and O–H groups in total. The van der Waals surface area contributed by atoms with E-state index in [4.69, 9.17) is 0 Å². The van der Waals surface area contributed by atoms with E-state index in [0.717, 1.165) is 16.9 Å². The van der Waals surface area contributed by atoms with E-state index in [9.17, 15) is 4.79 Å². The Kier molecular flexibility index (Phi) is 4.21. The van der Waals surface area contributed by atoms with Gasteiger partial charge < -0.3 is 5.32 Å². The third-order valence-corrected chi connectivity index (χ3v) is 3.76. The highest BCUT2D eigenvalue weighted by Gasteiger charge is 2.11. The van der Waals surface area contributed by atoms with Gasteiger partial charge in [-0.15, -0.1) is 5.10 Å². The van der Waals surface area contributed by atoms with Crippen molar-refractivity contribution in [2.45, 2.75) is 6.54 Å². The Morgan fingerprint density at radius 2 is 1.85 bits per heavy atom. The van der Waals surface area contributed by atoms with Crippen LogP contribution in [0.3, 0.4) is 0 Å². The van der Waals surface area contributed by atoms with Crippen molar-refractivity contribution in [2.75, 3.05) is 5.32 Å². The molecule has 0 aliphatic rings. The maximum absolute atomic E-state index is 12.4. The topological polar surface area (TPSA) is 90.5 Å². The first-order chi connectivity index (χ1) is 12.8. The molecule has 8 heteroatoms. The van der Waals surface area contributed by atoms with E-state index < -0.39 is 0 Å². The molecule has 4 rings (SSSR count). The van der Waals surface area contributed by atoms with Crippen LogP contribution in [0.4, 0.5) is 5.69 Å². The summed E-state index contributed by atoms with van der Waals surface area (Å²) in [7, 11) is 0. The number of hydrogen-bond acceptors (Lipinski definition) is 5. The molecule has 26 heavy (non-hydrogen) atoms. The molecule has 0 saturated carbocycles. The summed E-state index contributed by atoms with van der Waals surface area (Å²) in [5, 5.41) is 15.1. The Bertz CT molecular complexity index is 1010. The Labute approximate surface area is 149 Å². The van der Waals surface area contributed by atoms with Gasteiger partial charge in [0.15, 0.2) is 0 Å². The largest absolute Gasteiger partial charge is 0.323 e. The minimum absolute atomic E-state index is 0.0610. The normalized spacial score (nSPS) is 10.6. The van der Waals surface area contributed by atoms with Gasteiger partial charge in [0, 0.05) is 5.56 Å². The van der Waals surface area contributed by atoms with Crippen LogP contribution >= 0.6 is 0 Å². The smallest absolute Gasteiger partial charge is 0.246 e. The lowest BCUT2D eigenvalue weighted by Crippen LogP contribution is -2.20. The summed E-state index contributed by atoms with van der Waals surface area (Å²) in [6.45, 7) is 0.0610. The number of carbonyl (C=O) groups excluding carboxylic acids is 1. The number of carbonyl (C=O) groups is 1. The van der Waals surface area contributed by atoms with Crippen LogP contribution in [-0.4, -0.2) is 35.7 Å². The maximum atomic E-state index is 12.4. The molecule has 128 valence electrons. The molecule has 0 saturated heterocycles. The maximum Gasteiger partial charge on any atom is 0.246 e. The molecular weight excluding hydrogens is 330 g/mol. The van der Waals surface area contributed by atoms with Gasteiger partial charge in [-0.3, -0.25) is 4.79 Å². The summed E-state index contributed by atoms with van der Waals surface area (Å²) in [5.41, 5.74) is 3.06. The van der Waals surface area contributed by atoms with Crippen LogP contribution in [0.15, 0.2) is 73.4 Å². The molecule has 2 aromatic carbocycles. The van der Waals surface area contributed by atoms with Gasteiger partial charge in [0.2, 0.25) is 5.91 Å². The van der Waals surface area contributed by atoms with Crippen molar-refractivity contribution in [3.05, 3.63) is 73.4 Å². The second-order valence-electron chi connectivity index (χ2n) is 5.57. The van der Waals surface area contributed by atoms with Gasteiger partial charge in [-0.25, -0.2) is 14.3 Å². The van der Waals surface area contributed by atoms with Crippen LogP contribution in [0.1, 0.15) is 0 Å². The summed E-state index contributed by atoms with van der Waals surface area (Å²) in [6, 6.07) is 17.1. The molecule has 1 amide bonds. The first-order valence-electron chi connectivity index (χ1n) is 7.99. The number of para-hydroxylation sites is 2. The zero-order valence-electron chi connectivity index (χ0n) is 13.7. The van der Waals surface area contributed by atoms with Crippen molar-refractivity contribution in [3.63, 3.8) is 0 Å². The molecule has 0 atom stereocenters. The van der Waals surface area contributed by atoms with Crippen molar-refractivity contribution in [1.82, 2.24) is 29.8 Å².